The molecule has 0 aromatic heterocycles. The smallest absolute Gasteiger partial charge is 0.0159 e. The van der Waals surface area contributed by atoms with Gasteiger partial charge >= 0.3 is 0 Å². The Bertz CT molecular complexity index is 137. The third-order valence-electron chi connectivity index (χ3n) is 1.92. The molecule has 0 aliphatic heterocycles. The maximum absolute atomic E-state index is 5.12. The normalized spacial score (nSPS) is 13.2. The largest absolute Gasteiger partial charge is 0.115 e. The van der Waals surface area contributed by atoms with Crippen LogP contribution in [0.2, 0.25) is 0 Å². The van der Waals surface area contributed by atoms with Gasteiger partial charge in [-0.05, 0) is 24.8 Å². The predicted molar refractivity (Wildman–Crippen MR) is 51.3 cm³/mol. The summed E-state index contributed by atoms with van der Waals surface area (Å²) in [4.78, 5) is 0. The molecular weight excluding hydrogens is 132 g/mol. The van der Waals surface area contributed by atoms with Crippen LogP contribution in [0.5, 0.6) is 0 Å². The van der Waals surface area contributed by atoms with Gasteiger partial charge in [-0.25, -0.2) is 0 Å². The number of rotatable bonds is 5. The maximum Gasteiger partial charge on any atom is -0.0159 e. The van der Waals surface area contributed by atoms with Gasteiger partial charge in [0.15, 0.2) is 0 Å². The molecule has 0 saturated carbocycles. The molecule has 0 radical (unpaired) electrons. The zero-order valence-corrected chi connectivity index (χ0v) is 7.64. The van der Waals surface area contributed by atoms with Crippen LogP contribution in [0.4, 0.5) is 0 Å². The van der Waals surface area contributed by atoms with E-state index < -0.39 is 0 Å². The Morgan fingerprint density at radius 3 is 2.64 bits per heavy atom. The third kappa shape index (κ3) is 5.73. The molecule has 62 valence electrons. The first-order valence-corrected chi connectivity index (χ1v) is 4.47. The highest BCUT2D eigenvalue weighted by Crippen LogP contribution is 2.13. The first-order chi connectivity index (χ1) is 5.35. The van der Waals surface area contributed by atoms with Crippen molar-refractivity contribution in [1.82, 2.24) is 0 Å². The average Bonchev–Trinajstić information content (AvgIpc) is 2.05. The van der Waals surface area contributed by atoms with Crippen molar-refractivity contribution in [3.05, 3.63) is 12.2 Å². The molecule has 0 aliphatic carbocycles. The highest BCUT2D eigenvalue weighted by atomic mass is 14.0. The Balaban J connectivity index is 3.59. The molecule has 0 fully saturated rings. The van der Waals surface area contributed by atoms with E-state index in [-0.39, 0.29) is 0 Å². The number of terminal acetylenes is 1. The number of hydrogen-bond acceptors (Lipinski definition) is 0. The SMILES string of the molecule is C#C/C=C/C(CC)CCCC. The van der Waals surface area contributed by atoms with E-state index in [1.807, 2.05) is 6.08 Å². The molecule has 0 aromatic rings. The van der Waals surface area contributed by atoms with Crippen LogP contribution in [0.3, 0.4) is 0 Å². The van der Waals surface area contributed by atoms with E-state index in [0.717, 1.165) is 0 Å². The zero-order valence-electron chi connectivity index (χ0n) is 7.64. The van der Waals surface area contributed by atoms with Gasteiger partial charge in [0.2, 0.25) is 0 Å². The fraction of sp³-hybridized carbons (Fsp3) is 0.636. The van der Waals surface area contributed by atoms with Gasteiger partial charge < -0.3 is 0 Å². The summed E-state index contributed by atoms with van der Waals surface area (Å²) >= 11 is 0. The minimum atomic E-state index is 0.700. The van der Waals surface area contributed by atoms with Crippen molar-refractivity contribution in [1.29, 1.82) is 0 Å². The molecule has 1 unspecified atom stereocenters. The van der Waals surface area contributed by atoms with Gasteiger partial charge in [0.05, 0.1) is 0 Å². The van der Waals surface area contributed by atoms with Crippen molar-refractivity contribution in [2.24, 2.45) is 5.92 Å². The van der Waals surface area contributed by atoms with Gasteiger partial charge in [0.1, 0.15) is 0 Å². The van der Waals surface area contributed by atoms with Crippen molar-refractivity contribution in [3.8, 4) is 12.3 Å². The standard InChI is InChI=1S/C11H18/c1-4-7-9-11(6-3)10-8-5-2/h1,7,9,11H,5-6,8,10H2,2-3H3/b9-7+. The van der Waals surface area contributed by atoms with E-state index in [2.05, 4.69) is 25.8 Å². The molecule has 0 aliphatic rings. The van der Waals surface area contributed by atoms with Gasteiger partial charge in [0, 0.05) is 0 Å². The van der Waals surface area contributed by atoms with Crippen LogP contribution < -0.4 is 0 Å². The quantitative estimate of drug-likeness (QED) is 0.527. The highest BCUT2D eigenvalue weighted by molar-refractivity contribution is 5.09. The molecule has 0 heteroatoms. The summed E-state index contributed by atoms with van der Waals surface area (Å²) in [6.45, 7) is 4.43. The van der Waals surface area contributed by atoms with Crippen LogP contribution in [0.25, 0.3) is 0 Å². The van der Waals surface area contributed by atoms with Gasteiger partial charge in [-0.1, -0.05) is 38.7 Å². The van der Waals surface area contributed by atoms with E-state index in [1.165, 1.54) is 25.7 Å². The third-order valence-corrected chi connectivity index (χ3v) is 1.92. The maximum atomic E-state index is 5.12. The summed E-state index contributed by atoms with van der Waals surface area (Å²) in [5.41, 5.74) is 0. The van der Waals surface area contributed by atoms with Crippen LogP contribution in [0.15, 0.2) is 12.2 Å². The number of hydrogen-bond donors (Lipinski definition) is 0. The van der Waals surface area contributed by atoms with Crippen molar-refractivity contribution in [2.75, 3.05) is 0 Å². The Kier molecular flexibility index (Phi) is 6.94. The van der Waals surface area contributed by atoms with Gasteiger partial charge in [-0.2, -0.15) is 0 Å². The minimum Gasteiger partial charge on any atom is -0.115 e. The summed E-state index contributed by atoms with van der Waals surface area (Å²) in [6, 6.07) is 0. The molecule has 0 N–H and O–H groups in total. The first kappa shape index (κ1) is 10.3. The van der Waals surface area contributed by atoms with Crippen LogP contribution in [0.1, 0.15) is 39.5 Å². The Morgan fingerprint density at radius 1 is 1.45 bits per heavy atom. The predicted octanol–water partition coefficient (Wildman–Crippen LogP) is 3.39. The van der Waals surface area contributed by atoms with Crippen LogP contribution in [-0.2, 0) is 0 Å². The van der Waals surface area contributed by atoms with Crippen LogP contribution >= 0.6 is 0 Å². The van der Waals surface area contributed by atoms with Crippen molar-refractivity contribution in [3.63, 3.8) is 0 Å². The van der Waals surface area contributed by atoms with E-state index in [4.69, 9.17) is 6.42 Å². The summed E-state index contributed by atoms with van der Waals surface area (Å²) in [7, 11) is 0. The Labute approximate surface area is 70.7 Å². The van der Waals surface area contributed by atoms with Crippen molar-refractivity contribution >= 4 is 0 Å². The lowest BCUT2D eigenvalue weighted by atomic mass is 9.99. The number of allylic oxidation sites excluding steroid dienone is 2. The molecule has 0 amide bonds. The fourth-order valence-electron chi connectivity index (χ4n) is 1.09. The fourth-order valence-corrected chi connectivity index (χ4v) is 1.09. The Hall–Kier alpha value is -0.700. The molecule has 0 nitrogen and oxygen atoms in total. The van der Waals surface area contributed by atoms with Crippen LogP contribution in [0, 0.1) is 18.3 Å². The second kappa shape index (κ2) is 7.41. The lowest BCUT2D eigenvalue weighted by molar-refractivity contribution is 0.540. The monoisotopic (exact) mass is 150 g/mol. The number of unbranched alkanes of at least 4 members (excludes halogenated alkanes) is 1. The second-order valence-corrected chi connectivity index (χ2v) is 2.84. The lowest BCUT2D eigenvalue weighted by Crippen LogP contribution is -1.93. The lowest BCUT2D eigenvalue weighted by Gasteiger charge is -2.07. The summed E-state index contributed by atoms with van der Waals surface area (Å²) < 4.78 is 0. The minimum absolute atomic E-state index is 0.700. The molecule has 0 heterocycles. The highest BCUT2D eigenvalue weighted by Gasteiger charge is 1.98. The van der Waals surface area contributed by atoms with Crippen molar-refractivity contribution in [2.45, 2.75) is 39.5 Å². The molecule has 0 aromatic carbocycles. The van der Waals surface area contributed by atoms with Gasteiger partial charge in [0.25, 0.3) is 0 Å². The molecular formula is C11H18. The molecule has 11 heavy (non-hydrogen) atoms. The van der Waals surface area contributed by atoms with Crippen molar-refractivity contribution < 1.29 is 0 Å². The van der Waals surface area contributed by atoms with Crippen LogP contribution in [-0.4, -0.2) is 0 Å². The van der Waals surface area contributed by atoms with Gasteiger partial charge in [-0.15, -0.1) is 6.42 Å². The zero-order chi connectivity index (χ0) is 8.53. The molecule has 1 atom stereocenters. The van der Waals surface area contributed by atoms with E-state index in [0.29, 0.717) is 5.92 Å². The second-order valence-electron chi connectivity index (χ2n) is 2.84. The average molecular weight is 150 g/mol. The summed E-state index contributed by atoms with van der Waals surface area (Å²) in [5.74, 6) is 3.23. The topological polar surface area (TPSA) is 0 Å². The molecule has 0 bridgehead atoms. The van der Waals surface area contributed by atoms with Gasteiger partial charge in [-0.3, -0.25) is 0 Å². The Morgan fingerprint density at radius 2 is 2.18 bits per heavy atom. The first-order valence-electron chi connectivity index (χ1n) is 4.47. The molecule has 0 rings (SSSR count). The van der Waals surface area contributed by atoms with E-state index >= 15 is 0 Å². The van der Waals surface area contributed by atoms with E-state index in [9.17, 15) is 0 Å². The summed E-state index contributed by atoms with van der Waals surface area (Å²) in [5, 5.41) is 0. The van der Waals surface area contributed by atoms with E-state index in [1.54, 1.807) is 0 Å². The molecule has 0 saturated heterocycles. The molecule has 0 spiro atoms. The summed E-state index contributed by atoms with van der Waals surface area (Å²) in [6.07, 6.45) is 14.2.